The van der Waals surface area contributed by atoms with Crippen molar-refractivity contribution in [2.75, 3.05) is 11.1 Å². The van der Waals surface area contributed by atoms with Gasteiger partial charge in [-0.05, 0) is 50.1 Å². The molecule has 3 heterocycles. The largest absolute Gasteiger partial charge is 0.325 e. The van der Waals surface area contributed by atoms with E-state index >= 15 is 0 Å². The van der Waals surface area contributed by atoms with Crippen molar-refractivity contribution in [3.63, 3.8) is 0 Å². The molecule has 0 fully saturated rings. The summed E-state index contributed by atoms with van der Waals surface area (Å²) in [5, 5.41) is 4.72. The van der Waals surface area contributed by atoms with Crippen LogP contribution in [0.5, 0.6) is 0 Å². The molecule has 1 aliphatic rings. The van der Waals surface area contributed by atoms with Crippen LogP contribution in [-0.4, -0.2) is 27.4 Å². The fraction of sp³-hybridized carbons (Fsp3) is 0.263. The molecule has 7 heteroatoms. The topological polar surface area (TPSA) is 72.0 Å². The molecule has 1 N–H and O–H groups in total. The van der Waals surface area contributed by atoms with Crippen molar-refractivity contribution in [1.82, 2.24) is 9.97 Å². The number of fused-ring (bicyclic) bond motifs is 2. The van der Waals surface area contributed by atoms with Gasteiger partial charge in [-0.3, -0.25) is 9.59 Å². The van der Waals surface area contributed by atoms with E-state index in [9.17, 15) is 9.59 Å². The quantitative estimate of drug-likeness (QED) is 0.412. The minimum Gasteiger partial charge on any atom is -0.325 e. The van der Waals surface area contributed by atoms with Crippen molar-refractivity contribution in [3.05, 3.63) is 46.1 Å². The van der Waals surface area contributed by atoms with Crippen LogP contribution in [-0.2, 0) is 4.79 Å². The number of ketones is 1. The van der Waals surface area contributed by atoms with E-state index in [0.29, 0.717) is 11.3 Å². The van der Waals surface area contributed by atoms with Crippen LogP contribution < -0.4 is 5.32 Å². The molecule has 0 spiro atoms. The van der Waals surface area contributed by atoms with Crippen LogP contribution in [0.4, 0.5) is 5.69 Å². The van der Waals surface area contributed by atoms with Gasteiger partial charge in [-0.25, -0.2) is 9.97 Å². The van der Waals surface area contributed by atoms with Crippen LogP contribution in [0.15, 0.2) is 29.6 Å². The highest BCUT2D eigenvalue weighted by Crippen LogP contribution is 2.35. The molecule has 1 atom stereocenters. The highest BCUT2D eigenvalue weighted by Gasteiger charge is 2.27. The number of carbonyl (C=O) groups is 2. The van der Waals surface area contributed by atoms with Gasteiger partial charge >= 0.3 is 0 Å². The predicted molar refractivity (Wildman–Crippen MR) is 105 cm³/mol. The summed E-state index contributed by atoms with van der Waals surface area (Å²) >= 11 is 3.09. The highest BCUT2D eigenvalue weighted by molar-refractivity contribution is 8.00. The summed E-state index contributed by atoms with van der Waals surface area (Å²) in [4.78, 5) is 35.3. The number of thioether (sulfide) groups is 1. The molecule has 1 amide bonds. The Morgan fingerprint density at radius 1 is 1.31 bits per heavy atom. The van der Waals surface area contributed by atoms with E-state index in [2.05, 4.69) is 29.1 Å². The van der Waals surface area contributed by atoms with Gasteiger partial charge in [0, 0.05) is 21.5 Å². The number of hydrogen-bond acceptors (Lipinski definition) is 6. The first-order chi connectivity index (χ1) is 12.5. The fourth-order valence-electron chi connectivity index (χ4n) is 3.07. The van der Waals surface area contributed by atoms with Gasteiger partial charge in [0.2, 0.25) is 5.91 Å². The predicted octanol–water partition coefficient (Wildman–Crippen LogP) is 4.34. The van der Waals surface area contributed by atoms with Gasteiger partial charge in [-0.15, -0.1) is 11.3 Å². The molecule has 26 heavy (non-hydrogen) atoms. The van der Waals surface area contributed by atoms with Crippen LogP contribution in [0.25, 0.3) is 10.2 Å². The number of aromatic nitrogens is 2. The van der Waals surface area contributed by atoms with Crippen molar-refractivity contribution in [2.45, 2.75) is 31.7 Å². The van der Waals surface area contributed by atoms with E-state index in [1.165, 1.54) is 22.2 Å². The molecule has 1 aromatic carbocycles. The molecule has 0 unspecified atom stereocenters. The number of nitrogens with zero attached hydrogens (tertiary/aromatic N) is 2. The summed E-state index contributed by atoms with van der Waals surface area (Å²) < 4.78 is 0. The second-order valence-electron chi connectivity index (χ2n) is 6.37. The standard InChI is InChI=1S/C19H17N3O2S2/c1-9-11(3)26-19-16(9)18(20-8-21-19)25-7-15(23)12-4-5-14-13(6-12)10(2)17(24)22-14/h4-6,8,10H,7H2,1-3H3,(H,22,24)/t10-/m1/s1. The summed E-state index contributed by atoms with van der Waals surface area (Å²) in [5.41, 5.74) is 3.49. The minimum absolute atomic E-state index is 0.0225. The fourth-order valence-corrected chi connectivity index (χ4v) is 5.08. The van der Waals surface area contributed by atoms with Crippen LogP contribution in [0.1, 0.15) is 39.2 Å². The van der Waals surface area contributed by atoms with Crippen molar-refractivity contribution in [3.8, 4) is 0 Å². The zero-order chi connectivity index (χ0) is 18.4. The zero-order valence-corrected chi connectivity index (χ0v) is 16.3. The summed E-state index contributed by atoms with van der Waals surface area (Å²) in [5.74, 6) is 0.0873. The third-order valence-electron chi connectivity index (χ3n) is 4.76. The molecule has 3 aromatic rings. The van der Waals surface area contributed by atoms with Crippen LogP contribution in [0, 0.1) is 13.8 Å². The SMILES string of the molecule is Cc1sc2ncnc(SCC(=O)c3ccc4c(c3)[C@@H](C)C(=O)N4)c2c1C. The molecule has 0 bridgehead atoms. The number of carbonyl (C=O) groups excluding carboxylic acids is 2. The van der Waals surface area contributed by atoms with E-state index in [4.69, 9.17) is 0 Å². The average Bonchev–Trinajstić information content (AvgIpc) is 3.09. The van der Waals surface area contributed by atoms with Gasteiger partial charge in [0.15, 0.2) is 5.78 Å². The van der Waals surface area contributed by atoms with Gasteiger partial charge in [-0.1, -0.05) is 11.8 Å². The number of thiophene rings is 1. The lowest BCUT2D eigenvalue weighted by Crippen LogP contribution is -2.08. The molecule has 132 valence electrons. The Morgan fingerprint density at radius 3 is 2.92 bits per heavy atom. The Balaban J connectivity index is 1.56. The van der Waals surface area contributed by atoms with E-state index < -0.39 is 0 Å². The number of nitrogens with one attached hydrogen (secondary N) is 1. The molecule has 4 rings (SSSR count). The van der Waals surface area contributed by atoms with Crippen molar-refractivity contribution in [1.29, 1.82) is 0 Å². The second kappa shape index (κ2) is 6.48. The summed E-state index contributed by atoms with van der Waals surface area (Å²) in [6.45, 7) is 5.99. The maximum absolute atomic E-state index is 12.7. The molecular weight excluding hydrogens is 366 g/mol. The Kier molecular flexibility index (Phi) is 4.28. The lowest BCUT2D eigenvalue weighted by molar-refractivity contribution is -0.116. The molecule has 0 saturated carbocycles. The monoisotopic (exact) mass is 383 g/mol. The number of hydrogen-bond donors (Lipinski definition) is 1. The Labute approximate surface area is 159 Å². The first kappa shape index (κ1) is 17.2. The number of anilines is 1. The lowest BCUT2D eigenvalue weighted by atomic mass is 9.99. The first-order valence-corrected chi connectivity index (χ1v) is 10.1. The van der Waals surface area contributed by atoms with Gasteiger partial charge < -0.3 is 5.32 Å². The van der Waals surface area contributed by atoms with E-state index in [-0.39, 0.29) is 17.6 Å². The maximum Gasteiger partial charge on any atom is 0.231 e. The van der Waals surface area contributed by atoms with E-state index in [1.54, 1.807) is 23.7 Å². The zero-order valence-electron chi connectivity index (χ0n) is 14.6. The number of amides is 1. The van der Waals surface area contributed by atoms with Gasteiger partial charge in [0.1, 0.15) is 16.2 Å². The molecule has 2 aromatic heterocycles. The normalized spacial score (nSPS) is 16.0. The van der Waals surface area contributed by atoms with E-state index in [1.807, 2.05) is 19.1 Å². The van der Waals surface area contributed by atoms with Gasteiger partial charge in [-0.2, -0.15) is 0 Å². The first-order valence-electron chi connectivity index (χ1n) is 8.27. The Bertz CT molecular complexity index is 1060. The van der Waals surface area contributed by atoms with Gasteiger partial charge in [0.25, 0.3) is 0 Å². The Hall–Kier alpha value is -2.25. The van der Waals surface area contributed by atoms with E-state index in [0.717, 1.165) is 26.5 Å². The number of Topliss-reactive ketones (excluding diaryl/α,β-unsaturated/α-hetero) is 1. The molecule has 1 aliphatic heterocycles. The molecule has 0 radical (unpaired) electrons. The molecule has 0 saturated heterocycles. The summed E-state index contributed by atoms with van der Waals surface area (Å²) in [6, 6.07) is 5.41. The minimum atomic E-state index is -0.219. The number of benzene rings is 1. The van der Waals surface area contributed by atoms with Gasteiger partial charge in [0.05, 0.1) is 11.7 Å². The lowest BCUT2D eigenvalue weighted by Gasteiger charge is -2.06. The van der Waals surface area contributed by atoms with Crippen molar-refractivity contribution in [2.24, 2.45) is 0 Å². The maximum atomic E-state index is 12.7. The summed E-state index contributed by atoms with van der Waals surface area (Å²) in [7, 11) is 0. The van der Waals surface area contributed by atoms with Crippen LogP contribution in [0.3, 0.4) is 0 Å². The smallest absolute Gasteiger partial charge is 0.231 e. The molecule has 5 nitrogen and oxygen atoms in total. The third kappa shape index (κ3) is 2.81. The van der Waals surface area contributed by atoms with Crippen LogP contribution in [0.2, 0.25) is 0 Å². The second-order valence-corrected chi connectivity index (χ2v) is 8.53. The van der Waals surface area contributed by atoms with Crippen molar-refractivity contribution < 1.29 is 9.59 Å². The number of rotatable bonds is 4. The summed E-state index contributed by atoms with van der Waals surface area (Å²) in [6.07, 6.45) is 1.55. The average molecular weight is 383 g/mol. The highest BCUT2D eigenvalue weighted by atomic mass is 32.2. The third-order valence-corrected chi connectivity index (χ3v) is 6.87. The number of aryl methyl sites for hydroxylation is 2. The van der Waals surface area contributed by atoms with Crippen LogP contribution >= 0.6 is 23.1 Å². The Morgan fingerprint density at radius 2 is 2.12 bits per heavy atom. The molecule has 0 aliphatic carbocycles. The van der Waals surface area contributed by atoms with Crippen molar-refractivity contribution >= 4 is 50.7 Å². The molecular formula is C19H17N3O2S2.